The van der Waals surface area contributed by atoms with E-state index in [1.807, 2.05) is 0 Å². The van der Waals surface area contributed by atoms with Gasteiger partial charge in [-0.25, -0.2) is 9.78 Å². The Balaban J connectivity index is 3.20. The van der Waals surface area contributed by atoms with Crippen LogP contribution in [0.3, 0.4) is 0 Å². The lowest BCUT2D eigenvalue weighted by Crippen LogP contribution is -2.20. The average Bonchev–Trinajstić information content (AvgIpc) is 2.35. The number of aromatic nitrogens is 1. The third-order valence-electron chi connectivity index (χ3n) is 2.36. The van der Waals surface area contributed by atoms with Crippen molar-refractivity contribution < 1.29 is 14.3 Å². The first-order chi connectivity index (χ1) is 9.36. The van der Waals surface area contributed by atoms with Crippen molar-refractivity contribution >= 4 is 23.4 Å². The molecule has 1 aromatic heterocycles. The van der Waals surface area contributed by atoms with E-state index in [-0.39, 0.29) is 22.9 Å². The van der Waals surface area contributed by atoms with Crippen LogP contribution in [0.15, 0.2) is 23.9 Å². The fourth-order valence-electron chi connectivity index (χ4n) is 1.51. The van der Waals surface area contributed by atoms with Crippen molar-refractivity contribution in [2.75, 3.05) is 20.7 Å². The van der Waals surface area contributed by atoms with Crippen LogP contribution >= 0.6 is 11.6 Å². The van der Waals surface area contributed by atoms with E-state index in [0.717, 1.165) is 0 Å². The van der Waals surface area contributed by atoms with Crippen LogP contribution in [0.1, 0.15) is 23.0 Å². The molecule has 20 heavy (non-hydrogen) atoms. The average molecular weight is 297 g/mol. The number of esters is 1. The van der Waals surface area contributed by atoms with Gasteiger partial charge >= 0.3 is 5.97 Å². The highest BCUT2D eigenvalue weighted by Crippen LogP contribution is 2.18. The van der Waals surface area contributed by atoms with Crippen LogP contribution < -0.4 is 0 Å². The van der Waals surface area contributed by atoms with Gasteiger partial charge in [0.25, 0.3) is 0 Å². The largest absolute Gasteiger partial charge is 0.462 e. The molecule has 0 unspecified atom stereocenters. The van der Waals surface area contributed by atoms with Gasteiger partial charge in [0.2, 0.25) is 5.78 Å². The number of hydrogen-bond donors (Lipinski definition) is 0. The number of carbonyl (C=O) groups is 2. The second kappa shape index (κ2) is 7.05. The molecule has 0 aliphatic rings. The number of Topliss-reactive ketones (excluding diaryl/α,β-unsaturated/α-hetero) is 1. The van der Waals surface area contributed by atoms with Crippen molar-refractivity contribution in [1.82, 2.24) is 9.88 Å². The molecule has 0 bridgehead atoms. The normalized spacial score (nSPS) is 11.2. The third-order valence-corrected chi connectivity index (χ3v) is 2.65. The van der Waals surface area contributed by atoms with E-state index in [9.17, 15) is 9.59 Å². The zero-order valence-corrected chi connectivity index (χ0v) is 12.7. The number of carbonyl (C=O) groups excluding carboxylic acids is 2. The van der Waals surface area contributed by atoms with E-state index < -0.39 is 11.8 Å². The number of pyridine rings is 1. The van der Waals surface area contributed by atoms with Crippen LogP contribution in [0.2, 0.25) is 5.15 Å². The van der Waals surface area contributed by atoms with Gasteiger partial charge < -0.3 is 9.64 Å². The Morgan fingerprint density at radius 3 is 2.55 bits per heavy atom. The lowest BCUT2D eigenvalue weighted by atomic mass is 10.1. The molecule has 1 rings (SSSR count). The van der Waals surface area contributed by atoms with Gasteiger partial charge in [0, 0.05) is 26.0 Å². The van der Waals surface area contributed by atoms with E-state index in [4.69, 9.17) is 16.3 Å². The minimum Gasteiger partial charge on any atom is -0.462 e. The third kappa shape index (κ3) is 4.06. The Kier molecular flexibility index (Phi) is 5.70. The summed E-state index contributed by atoms with van der Waals surface area (Å²) in [6.45, 7) is 3.63. The number of ether oxygens (including phenoxy) is 1. The maximum atomic E-state index is 12.4. The summed E-state index contributed by atoms with van der Waals surface area (Å²) in [5, 5.41) is 0.0731. The van der Waals surface area contributed by atoms with Crippen molar-refractivity contribution in [2.45, 2.75) is 13.8 Å². The molecule has 0 fully saturated rings. The van der Waals surface area contributed by atoms with Gasteiger partial charge in [0.1, 0.15) is 10.7 Å². The SMILES string of the molecule is CCOC(=O)/C(=C\N(C)C)C(=O)c1ccc(C)nc1Cl. The summed E-state index contributed by atoms with van der Waals surface area (Å²) in [5.41, 5.74) is 0.795. The van der Waals surface area contributed by atoms with E-state index in [2.05, 4.69) is 4.98 Å². The summed E-state index contributed by atoms with van der Waals surface area (Å²) >= 11 is 5.96. The van der Waals surface area contributed by atoms with Gasteiger partial charge in [0.05, 0.1) is 12.2 Å². The molecular weight excluding hydrogens is 280 g/mol. The Bertz CT molecular complexity index is 553. The van der Waals surface area contributed by atoms with Crippen LogP contribution in [0, 0.1) is 6.92 Å². The van der Waals surface area contributed by atoms with Crippen molar-refractivity contribution in [3.05, 3.63) is 40.3 Å². The fourth-order valence-corrected chi connectivity index (χ4v) is 1.79. The van der Waals surface area contributed by atoms with Crippen LogP contribution in [-0.2, 0) is 9.53 Å². The Labute approximate surface area is 123 Å². The quantitative estimate of drug-likeness (QED) is 0.208. The summed E-state index contributed by atoms with van der Waals surface area (Å²) < 4.78 is 4.89. The molecule has 0 amide bonds. The van der Waals surface area contributed by atoms with Gasteiger partial charge in [-0.15, -0.1) is 0 Å². The van der Waals surface area contributed by atoms with E-state index in [1.165, 1.54) is 6.20 Å². The maximum absolute atomic E-state index is 12.4. The standard InChI is InChI=1S/C14H17ClN2O3/c1-5-20-14(19)11(8-17(3)4)12(18)10-7-6-9(2)16-13(10)15/h6-8H,5H2,1-4H3/b11-8-. The molecule has 0 aliphatic heterocycles. The maximum Gasteiger partial charge on any atom is 0.343 e. The molecule has 1 aromatic rings. The molecule has 0 N–H and O–H groups in total. The molecule has 0 aliphatic carbocycles. The summed E-state index contributed by atoms with van der Waals surface area (Å²) in [7, 11) is 3.42. The molecule has 0 radical (unpaired) electrons. The first-order valence-corrected chi connectivity index (χ1v) is 6.47. The highest BCUT2D eigenvalue weighted by Gasteiger charge is 2.24. The second-order valence-corrected chi connectivity index (χ2v) is 4.70. The van der Waals surface area contributed by atoms with Gasteiger partial charge in [-0.05, 0) is 26.0 Å². The minimum absolute atomic E-state index is 0.0731. The lowest BCUT2D eigenvalue weighted by Gasteiger charge is -2.11. The Morgan fingerprint density at radius 2 is 2.05 bits per heavy atom. The molecule has 6 heteroatoms. The van der Waals surface area contributed by atoms with Crippen molar-refractivity contribution in [2.24, 2.45) is 0 Å². The predicted molar refractivity (Wildman–Crippen MR) is 76.7 cm³/mol. The zero-order valence-electron chi connectivity index (χ0n) is 11.9. The highest BCUT2D eigenvalue weighted by atomic mass is 35.5. The summed E-state index contributed by atoms with van der Waals surface area (Å²) in [5.74, 6) is -1.18. The van der Waals surface area contributed by atoms with Gasteiger partial charge in [-0.2, -0.15) is 0 Å². The van der Waals surface area contributed by atoms with Gasteiger partial charge in [0.15, 0.2) is 0 Å². The smallest absolute Gasteiger partial charge is 0.343 e. The summed E-state index contributed by atoms with van der Waals surface area (Å²) in [4.78, 5) is 29.9. The lowest BCUT2D eigenvalue weighted by molar-refractivity contribution is -0.138. The number of nitrogens with zero attached hydrogens (tertiary/aromatic N) is 2. The predicted octanol–water partition coefficient (Wildman–Crippen LogP) is 2.23. The summed E-state index contributed by atoms with van der Waals surface area (Å²) in [6.07, 6.45) is 1.41. The molecule has 0 spiro atoms. The number of hydrogen-bond acceptors (Lipinski definition) is 5. The van der Waals surface area contributed by atoms with E-state index in [1.54, 1.807) is 45.0 Å². The van der Waals surface area contributed by atoms with Gasteiger partial charge in [-0.1, -0.05) is 11.6 Å². The Morgan fingerprint density at radius 1 is 1.40 bits per heavy atom. The highest BCUT2D eigenvalue weighted by molar-refractivity contribution is 6.36. The van der Waals surface area contributed by atoms with E-state index in [0.29, 0.717) is 5.69 Å². The summed E-state index contributed by atoms with van der Waals surface area (Å²) in [6, 6.07) is 3.22. The molecule has 0 saturated heterocycles. The molecule has 0 saturated carbocycles. The minimum atomic E-state index is -0.678. The van der Waals surface area contributed by atoms with Crippen molar-refractivity contribution in [3.8, 4) is 0 Å². The number of rotatable bonds is 5. The molecule has 5 nitrogen and oxygen atoms in total. The van der Waals surface area contributed by atoms with Gasteiger partial charge in [-0.3, -0.25) is 4.79 Å². The van der Waals surface area contributed by atoms with E-state index >= 15 is 0 Å². The molecule has 1 heterocycles. The Hall–Kier alpha value is -1.88. The number of ketones is 1. The number of aryl methyl sites for hydroxylation is 1. The first kappa shape index (κ1) is 16.2. The molecule has 0 atom stereocenters. The van der Waals surface area contributed by atoms with Crippen LogP contribution in [0.4, 0.5) is 0 Å². The van der Waals surface area contributed by atoms with Crippen LogP contribution in [0.5, 0.6) is 0 Å². The van der Waals surface area contributed by atoms with Crippen LogP contribution in [-0.4, -0.2) is 42.3 Å². The van der Waals surface area contributed by atoms with Crippen molar-refractivity contribution in [3.63, 3.8) is 0 Å². The molecule has 0 aromatic carbocycles. The second-order valence-electron chi connectivity index (χ2n) is 4.35. The van der Waals surface area contributed by atoms with Crippen molar-refractivity contribution in [1.29, 1.82) is 0 Å². The molecular formula is C14H17ClN2O3. The monoisotopic (exact) mass is 296 g/mol. The fraction of sp³-hybridized carbons (Fsp3) is 0.357. The molecule has 108 valence electrons. The first-order valence-electron chi connectivity index (χ1n) is 6.10. The number of halogens is 1. The topological polar surface area (TPSA) is 59.5 Å². The van der Waals surface area contributed by atoms with Crippen LogP contribution in [0.25, 0.3) is 0 Å². The zero-order chi connectivity index (χ0) is 15.3.